The summed E-state index contributed by atoms with van der Waals surface area (Å²) >= 11 is 7.13. The molecule has 1 heterocycles. The molecule has 0 atom stereocenters. The van der Waals surface area contributed by atoms with E-state index < -0.39 is 0 Å². The Kier molecular flexibility index (Phi) is 6.32. The van der Waals surface area contributed by atoms with Crippen LogP contribution in [0.2, 0.25) is 5.02 Å². The highest BCUT2D eigenvalue weighted by atomic mass is 35.5. The molecule has 31 heavy (non-hydrogen) atoms. The summed E-state index contributed by atoms with van der Waals surface area (Å²) in [5, 5.41) is 11.1. The minimum Gasteiger partial charge on any atom is -0.507 e. The van der Waals surface area contributed by atoms with Crippen LogP contribution in [0.15, 0.2) is 41.3 Å². The van der Waals surface area contributed by atoms with Crippen molar-refractivity contribution in [3.05, 3.63) is 68.6 Å². The van der Waals surface area contributed by atoms with Crippen molar-refractivity contribution in [2.75, 3.05) is 0 Å². The number of carbonyl (C=O) groups excluding carboxylic acids is 2. The molecule has 2 amide bonds. The van der Waals surface area contributed by atoms with Crippen LogP contribution < -0.4 is 0 Å². The number of benzene rings is 2. The summed E-state index contributed by atoms with van der Waals surface area (Å²) in [6, 6.07) is 11.0. The average molecular weight is 458 g/mol. The number of hydrogen-bond acceptors (Lipinski definition) is 4. The van der Waals surface area contributed by atoms with Crippen LogP contribution in [0.3, 0.4) is 0 Å². The maximum absolute atomic E-state index is 13.0. The van der Waals surface area contributed by atoms with E-state index in [9.17, 15) is 14.7 Å². The number of hydrogen-bond donors (Lipinski definition) is 1. The SMILES string of the molecule is CC(C)(C)c1cc(/C=C2\SC(=O)N(Cc3ccccc3Cl)C2=O)cc(C(C)(C)C)c1O. The van der Waals surface area contributed by atoms with Crippen LogP contribution in [0.4, 0.5) is 4.79 Å². The summed E-state index contributed by atoms with van der Waals surface area (Å²) in [4.78, 5) is 27.1. The molecule has 4 nitrogen and oxygen atoms in total. The Morgan fingerprint density at radius 2 is 1.55 bits per heavy atom. The largest absolute Gasteiger partial charge is 0.507 e. The first kappa shape index (κ1) is 23.4. The van der Waals surface area contributed by atoms with Crippen LogP contribution in [0.5, 0.6) is 5.75 Å². The molecule has 164 valence electrons. The first-order valence-electron chi connectivity index (χ1n) is 10.2. The number of phenolic OH excluding ortho intramolecular Hbond substituents is 1. The van der Waals surface area contributed by atoms with Crippen LogP contribution in [-0.4, -0.2) is 21.2 Å². The molecule has 0 unspecified atom stereocenters. The van der Waals surface area contributed by atoms with E-state index in [1.54, 1.807) is 18.2 Å². The third kappa shape index (κ3) is 4.99. The summed E-state index contributed by atoms with van der Waals surface area (Å²) in [6.07, 6.45) is 1.74. The van der Waals surface area contributed by atoms with Gasteiger partial charge in [-0.05, 0) is 58.0 Å². The van der Waals surface area contributed by atoms with Crippen LogP contribution in [0, 0.1) is 0 Å². The molecule has 0 saturated carbocycles. The number of aromatic hydroxyl groups is 1. The van der Waals surface area contributed by atoms with E-state index in [-0.39, 0.29) is 34.3 Å². The number of nitrogens with zero attached hydrogens (tertiary/aromatic N) is 1. The highest BCUT2D eigenvalue weighted by Gasteiger charge is 2.35. The van der Waals surface area contributed by atoms with Gasteiger partial charge in [0, 0.05) is 16.1 Å². The van der Waals surface area contributed by atoms with Gasteiger partial charge in [-0.2, -0.15) is 0 Å². The number of carbonyl (C=O) groups is 2. The minimum absolute atomic E-state index is 0.137. The predicted octanol–water partition coefficient (Wildman–Crippen LogP) is 6.88. The lowest BCUT2D eigenvalue weighted by Gasteiger charge is -2.28. The van der Waals surface area contributed by atoms with Crippen molar-refractivity contribution < 1.29 is 14.7 Å². The number of halogens is 1. The summed E-state index contributed by atoms with van der Waals surface area (Å²) in [5.74, 6) is -0.0541. The molecular weight excluding hydrogens is 430 g/mol. The number of amides is 2. The van der Waals surface area contributed by atoms with Gasteiger partial charge in [0.25, 0.3) is 11.1 Å². The second kappa shape index (κ2) is 8.36. The Labute approximate surface area is 193 Å². The van der Waals surface area contributed by atoms with Gasteiger partial charge in [0.05, 0.1) is 11.4 Å². The Bertz CT molecular complexity index is 1040. The maximum atomic E-state index is 13.0. The van der Waals surface area contributed by atoms with Gasteiger partial charge < -0.3 is 5.11 Å². The van der Waals surface area contributed by atoms with Crippen LogP contribution in [0.1, 0.15) is 63.8 Å². The first-order valence-corrected chi connectivity index (χ1v) is 11.3. The van der Waals surface area contributed by atoms with Crippen LogP contribution >= 0.6 is 23.4 Å². The van der Waals surface area contributed by atoms with Gasteiger partial charge in [0.1, 0.15) is 5.75 Å². The number of imide groups is 1. The fraction of sp³-hybridized carbons (Fsp3) is 0.360. The molecule has 6 heteroatoms. The van der Waals surface area contributed by atoms with E-state index in [1.165, 1.54) is 4.90 Å². The van der Waals surface area contributed by atoms with Crippen molar-refractivity contribution in [1.82, 2.24) is 4.90 Å². The Morgan fingerprint density at radius 1 is 1.00 bits per heavy atom. The fourth-order valence-electron chi connectivity index (χ4n) is 3.47. The third-order valence-corrected chi connectivity index (χ3v) is 6.48. The van der Waals surface area contributed by atoms with Crippen molar-refractivity contribution in [1.29, 1.82) is 0 Å². The van der Waals surface area contributed by atoms with Crippen LogP contribution in [0.25, 0.3) is 6.08 Å². The smallest absolute Gasteiger partial charge is 0.293 e. The van der Waals surface area contributed by atoms with Gasteiger partial charge in [0.2, 0.25) is 0 Å². The van der Waals surface area contributed by atoms with Gasteiger partial charge in [-0.3, -0.25) is 14.5 Å². The van der Waals surface area contributed by atoms with Crippen molar-refractivity contribution in [3.8, 4) is 5.75 Å². The van der Waals surface area contributed by atoms with Crippen molar-refractivity contribution in [2.24, 2.45) is 0 Å². The average Bonchev–Trinajstić information content (AvgIpc) is 2.90. The Hall–Kier alpha value is -2.24. The zero-order valence-electron chi connectivity index (χ0n) is 18.7. The molecule has 2 aromatic carbocycles. The molecule has 1 fully saturated rings. The van der Waals surface area contributed by atoms with Crippen molar-refractivity contribution >= 4 is 40.6 Å². The molecule has 3 rings (SSSR count). The van der Waals surface area contributed by atoms with Gasteiger partial charge in [-0.15, -0.1) is 0 Å². The summed E-state index contributed by atoms with van der Waals surface area (Å²) in [6.45, 7) is 12.4. The van der Waals surface area contributed by atoms with E-state index in [1.807, 2.05) is 65.8 Å². The molecule has 1 aliphatic heterocycles. The molecule has 0 aromatic heterocycles. The topological polar surface area (TPSA) is 57.6 Å². The number of thioether (sulfide) groups is 1. The lowest BCUT2D eigenvalue weighted by Crippen LogP contribution is -2.27. The number of phenols is 1. The molecule has 0 spiro atoms. The second-order valence-corrected chi connectivity index (χ2v) is 11.2. The van der Waals surface area contributed by atoms with E-state index in [0.29, 0.717) is 9.93 Å². The molecule has 1 saturated heterocycles. The standard InChI is InChI=1S/C25H28ClNO3S/c1-24(2,3)17-11-15(12-18(21(17)28)25(4,5)6)13-20-22(29)27(23(30)31-20)14-16-9-7-8-10-19(16)26/h7-13,28H,14H2,1-6H3/b20-13-. The highest BCUT2D eigenvalue weighted by molar-refractivity contribution is 8.18. The van der Waals surface area contributed by atoms with E-state index in [0.717, 1.165) is 34.0 Å². The predicted molar refractivity (Wildman–Crippen MR) is 128 cm³/mol. The molecular formula is C25H28ClNO3S. The van der Waals surface area contributed by atoms with Gasteiger partial charge in [0.15, 0.2) is 0 Å². The zero-order valence-corrected chi connectivity index (χ0v) is 20.3. The van der Waals surface area contributed by atoms with E-state index >= 15 is 0 Å². The fourth-order valence-corrected chi connectivity index (χ4v) is 4.50. The molecule has 0 aliphatic carbocycles. The van der Waals surface area contributed by atoms with Gasteiger partial charge in [-0.1, -0.05) is 71.3 Å². The van der Waals surface area contributed by atoms with Crippen molar-refractivity contribution in [3.63, 3.8) is 0 Å². The first-order chi connectivity index (χ1) is 14.3. The normalized spacial score (nSPS) is 16.5. The van der Waals surface area contributed by atoms with Crippen molar-refractivity contribution in [2.45, 2.75) is 58.9 Å². The summed E-state index contributed by atoms with van der Waals surface area (Å²) in [7, 11) is 0. The molecule has 1 aliphatic rings. The Morgan fingerprint density at radius 3 is 2.06 bits per heavy atom. The number of rotatable bonds is 3. The second-order valence-electron chi connectivity index (χ2n) is 9.82. The molecule has 1 N–H and O–H groups in total. The maximum Gasteiger partial charge on any atom is 0.293 e. The quantitative estimate of drug-likeness (QED) is 0.510. The van der Waals surface area contributed by atoms with Crippen LogP contribution in [-0.2, 0) is 22.2 Å². The lowest BCUT2D eigenvalue weighted by molar-refractivity contribution is -0.123. The molecule has 2 aromatic rings. The molecule has 0 bridgehead atoms. The third-order valence-electron chi connectivity index (χ3n) is 5.21. The lowest BCUT2D eigenvalue weighted by atomic mass is 9.78. The monoisotopic (exact) mass is 457 g/mol. The highest BCUT2D eigenvalue weighted by Crippen LogP contribution is 2.41. The molecule has 0 radical (unpaired) electrons. The summed E-state index contributed by atoms with van der Waals surface area (Å²) in [5.41, 5.74) is 2.57. The zero-order chi connectivity index (χ0) is 23.1. The van der Waals surface area contributed by atoms with E-state index in [4.69, 9.17) is 11.6 Å². The van der Waals surface area contributed by atoms with Gasteiger partial charge in [-0.25, -0.2) is 0 Å². The van der Waals surface area contributed by atoms with E-state index in [2.05, 4.69) is 0 Å². The Balaban J connectivity index is 2.01. The van der Waals surface area contributed by atoms with Gasteiger partial charge >= 0.3 is 0 Å². The summed E-state index contributed by atoms with van der Waals surface area (Å²) < 4.78 is 0. The minimum atomic E-state index is -0.336.